The average Bonchev–Trinajstić information content (AvgIpc) is 2.76. The molecule has 1 N–H and O–H groups in total. The van der Waals surface area contributed by atoms with E-state index in [1.54, 1.807) is 12.1 Å². The Kier molecular flexibility index (Phi) is 9.99. The number of nitrogens with one attached hydrogen (secondary N) is 1. The van der Waals surface area contributed by atoms with E-state index in [1.165, 1.54) is 25.7 Å². The molecule has 0 aliphatic carbocycles. The first-order valence-corrected chi connectivity index (χ1v) is 13.3. The normalized spacial score (nSPS) is 12.1. The lowest BCUT2D eigenvalue weighted by molar-refractivity contribution is 0.418. The highest BCUT2D eigenvalue weighted by atomic mass is 32.2. The van der Waals surface area contributed by atoms with Gasteiger partial charge in [-0.05, 0) is 44.2 Å². The molecule has 0 radical (unpaired) electrons. The van der Waals surface area contributed by atoms with Crippen LogP contribution in [0, 0.1) is 16.7 Å². The van der Waals surface area contributed by atoms with Gasteiger partial charge in [-0.1, -0.05) is 69.2 Å². The topological polar surface area (TPSA) is 73.2 Å². The van der Waals surface area contributed by atoms with E-state index in [0.717, 1.165) is 48.6 Å². The molecule has 0 bridgehead atoms. The van der Waals surface area contributed by atoms with Crippen LogP contribution in [0.3, 0.4) is 0 Å². The second-order valence-corrected chi connectivity index (χ2v) is 11.2. The maximum Gasteiger partial charge on any atom is 0.241 e. The molecule has 0 fully saturated rings. The number of hydrogen-bond acceptors (Lipinski definition) is 4. The van der Waals surface area contributed by atoms with Crippen molar-refractivity contribution >= 4 is 26.5 Å². The summed E-state index contributed by atoms with van der Waals surface area (Å²) in [4.78, 5) is 2.30. The van der Waals surface area contributed by atoms with Crippen molar-refractivity contribution in [3.05, 3.63) is 36.4 Å². The summed E-state index contributed by atoms with van der Waals surface area (Å²) in [5.74, 6) is 0. The number of anilines is 1. The summed E-state index contributed by atoms with van der Waals surface area (Å²) in [5, 5.41) is 10.7. The van der Waals surface area contributed by atoms with E-state index in [0.29, 0.717) is 11.4 Å². The lowest BCUT2D eigenvalue weighted by Gasteiger charge is -2.18. The van der Waals surface area contributed by atoms with Gasteiger partial charge in [-0.15, -0.1) is 0 Å². The molecule has 2 aromatic carbocycles. The molecule has 0 amide bonds. The molecule has 6 heteroatoms. The van der Waals surface area contributed by atoms with Gasteiger partial charge in [0.2, 0.25) is 10.0 Å². The van der Waals surface area contributed by atoms with Crippen molar-refractivity contribution in [3.8, 4) is 6.07 Å². The number of hydrogen-bond donors (Lipinski definition) is 1. The number of nitriles is 1. The Labute approximate surface area is 194 Å². The summed E-state index contributed by atoms with van der Waals surface area (Å²) >= 11 is 0. The van der Waals surface area contributed by atoms with Gasteiger partial charge in [-0.3, -0.25) is 0 Å². The molecule has 5 nitrogen and oxygen atoms in total. The van der Waals surface area contributed by atoms with E-state index < -0.39 is 10.0 Å². The van der Waals surface area contributed by atoms with Crippen LogP contribution < -0.4 is 9.62 Å². The molecule has 0 unspecified atom stereocenters. The zero-order valence-electron chi connectivity index (χ0n) is 20.2. The number of nitrogens with zero attached hydrogens (tertiary/aromatic N) is 2. The number of benzene rings is 2. The molecule has 0 heterocycles. The molecule has 2 aromatic rings. The fourth-order valence-corrected chi connectivity index (χ4v) is 5.29. The van der Waals surface area contributed by atoms with E-state index in [9.17, 15) is 8.42 Å². The van der Waals surface area contributed by atoms with Gasteiger partial charge in [0.15, 0.2) is 0 Å². The Morgan fingerprint density at radius 3 is 2.06 bits per heavy atom. The zero-order chi connectivity index (χ0) is 23.6. The minimum Gasteiger partial charge on any atom is -0.377 e. The molecule has 0 saturated carbocycles. The first-order chi connectivity index (χ1) is 15.2. The van der Waals surface area contributed by atoms with Crippen LogP contribution in [0.4, 0.5) is 5.69 Å². The van der Waals surface area contributed by atoms with Crippen molar-refractivity contribution in [1.29, 1.82) is 5.26 Å². The van der Waals surface area contributed by atoms with Crippen LogP contribution in [0.1, 0.15) is 71.6 Å². The van der Waals surface area contributed by atoms with Gasteiger partial charge in [-0.25, -0.2) is 13.1 Å². The third kappa shape index (κ3) is 7.79. The van der Waals surface area contributed by atoms with Crippen molar-refractivity contribution in [2.45, 2.75) is 76.5 Å². The lowest BCUT2D eigenvalue weighted by Crippen LogP contribution is -2.25. The highest BCUT2D eigenvalue weighted by Crippen LogP contribution is 2.31. The standard InChI is InChI=1S/C26H39N3O2S/c1-26(2,21-27)19-11-9-7-5-6-8-10-12-20-28-32(30,31)24-18-14-16-22-15-13-17-23(25(22)24)29(3)4/h13-18,28H,5-12,19-20H2,1-4H3. The lowest BCUT2D eigenvalue weighted by atomic mass is 9.88. The van der Waals surface area contributed by atoms with Crippen LogP contribution in [0.15, 0.2) is 41.3 Å². The second kappa shape index (κ2) is 12.2. The molecule has 0 saturated heterocycles. The third-order valence-electron chi connectivity index (χ3n) is 5.94. The van der Waals surface area contributed by atoms with Gasteiger partial charge < -0.3 is 4.90 Å². The van der Waals surface area contributed by atoms with Crippen molar-refractivity contribution in [2.75, 3.05) is 25.5 Å². The summed E-state index contributed by atoms with van der Waals surface area (Å²) in [6.07, 6.45) is 9.89. The maximum absolute atomic E-state index is 13.0. The van der Waals surface area contributed by atoms with Crippen molar-refractivity contribution in [1.82, 2.24) is 4.72 Å². The minimum atomic E-state index is -3.56. The van der Waals surface area contributed by atoms with Crippen LogP contribution in [0.25, 0.3) is 10.8 Å². The fraction of sp³-hybridized carbons (Fsp3) is 0.577. The van der Waals surface area contributed by atoms with E-state index in [2.05, 4.69) is 10.8 Å². The van der Waals surface area contributed by atoms with E-state index in [-0.39, 0.29) is 5.41 Å². The molecular formula is C26H39N3O2S. The van der Waals surface area contributed by atoms with Crippen molar-refractivity contribution in [2.24, 2.45) is 5.41 Å². The van der Waals surface area contributed by atoms with Crippen LogP contribution in [0.5, 0.6) is 0 Å². The quantitative estimate of drug-likeness (QED) is 0.341. The largest absolute Gasteiger partial charge is 0.377 e. The van der Waals surface area contributed by atoms with Crippen LogP contribution in [-0.4, -0.2) is 29.1 Å². The zero-order valence-corrected chi connectivity index (χ0v) is 21.0. The molecule has 0 aliphatic rings. The Morgan fingerprint density at radius 2 is 1.47 bits per heavy atom. The number of rotatable bonds is 14. The molecule has 0 spiro atoms. The SMILES string of the molecule is CN(C)c1cccc2cccc(S(=O)(=O)NCCCCCCCCCCC(C)(C)C#N)c12. The molecule has 32 heavy (non-hydrogen) atoms. The number of unbranched alkanes of at least 4 members (excludes halogenated alkanes) is 7. The molecular weight excluding hydrogens is 418 g/mol. The Hall–Kier alpha value is -2.10. The monoisotopic (exact) mass is 457 g/mol. The molecule has 2 rings (SSSR count). The summed E-state index contributed by atoms with van der Waals surface area (Å²) in [5.41, 5.74) is 0.701. The van der Waals surface area contributed by atoms with Gasteiger partial charge in [0, 0.05) is 31.7 Å². The van der Waals surface area contributed by atoms with E-state index in [4.69, 9.17) is 5.26 Å². The van der Waals surface area contributed by atoms with Gasteiger partial charge >= 0.3 is 0 Å². The van der Waals surface area contributed by atoms with Crippen LogP contribution >= 0.6 is 0 Å². The maximum atomic E-state index is 13.0. The first kappa shape index (κ1) is 26.2. The van der Waals surface area contributed by atoms with Crippen LogP contribution in [0.2, 0.25) is 0 Å². The molecule has 0 aliphatic heterocycles. The minimum absolute atomic E-state index is 0.201. The smallest absolute Gasteiger partial charge is 0.241 e. The summed E-state index contributed by atoms with van der Waals surface area (Å²) in [7, 11) is 0.294. The predicted molar refractivity (Wildman–Crippen MR) is 134 cm³/mol. The first-order valence-electron chi connectivity index (χ1n) is 11.8. The summed E-state index contributed by atoms with van der Waals surface area (Å²) in [6, 6.07) is 13.7. The fourth-order valence-electron chi connectivity index (χ4n) is 3.98. The summed E-state index contributed by atoms with van der Waals surface area (Å²) in [6.45, 7) is 4.47. The second-order valence-electron chi connectivity index (χ2n) is 9.50. The predicted octanol–water partition coefficient (Wildman–Crippen LogP) is 6.24. The van der Waals surface area contributed by atoms with E-state index in [1.807, 2.05) is 57.1 Å². The number of fused-ring (bicyclic) bond motifs is 1. The van der Waals surface area contributed by atoms with Gasteiger partial charge in [0.1, 0.15) is 0 Å². The van der Waals surface area contributed by atoms with Crippen molar-refractivity contribution < 1.29 is 8.42 Å². The molecule has 176 valence electrons. The third-order valence-corrected chi connectivity index (χ3v) is 7.44. The highest BCUT2D eigenvalue weighted by Gasteiger charge is 2.19. The Balaban J connectivity index is 1.74. The number of sulfonamides is 1. The van der Waals surface area contributed by atoms with Gasteiger partial charge in [0.05, 0.1) is 16.4 Å². The van der Waals surface area contributed by atoms with Crippen molar-refractivity contribution in [3.63, 3.8) is 0 Å². The summed E-state index contributed by atoms with van der Waals surface area (Å²) < 4.78 is 28.8. The van der Waals surface area contributed by atoms with Crippen LogP contribution in [-0.2, 0) is 10.0 Å². The van der Waals surface area contributed by atoms with Gasteiger partial charge in [0.25, 0.3) is 0 Å². The van der Waals surface area contributed by atoms with Gasteiger partial charge in [-0.2, -0.15) is 5.26 Å². The molecule has 0 aromatic heterocycles. The van der Waals surface area contributed by atoms with E-state index >= 15 is 0 Å². The average molecular weight is 458 g/mol. The Bertz CT molecular complexity index is 1000. The Morgan fingerprint density at radius 1 is 0.906 bits per heavy atom. The molecule has 0 atom stereocenters. The highest BCUT2D eigenvalue weighted by molar-refractivity contribution is 7.89.